The lowest BCUT2D eigenvalue weighted by Gasteiger charge is -2.25. The van der Waals surface area contributed by atoms with Gasteiger partial charge in [0.25, 0.3) is 0 Å². The summed E-state index contributed by atoms with van der Waals surface area (Å²) in [6, 6.07) is 0. The summed E-state index contributed by atoms with van der Waals surface area (Å²) < 4.78 is 0. The monoisotopic (exact) mass is 201 g/mol. The van der Waals surface area contributed by atoms with E-state index in [0.29, 0.717) is 5.57 Å². The second-order valence-electron chi connectivity index (χ2n) is 3.69. The molecule has 0 aromatic heterocycles. The average molecular weight is 201 g/mol. The SMILES string of the molecule is C=C(C)C(=O)N(CC(C)O)CC(C)O. The van der Waals surface area contributed by atoms with Crippen molar-refractivity contribution in [1.29, 1.82) is 0 Å². The summed E-state index contributed by atoms with van der Waals surface area (Å²) >= 11 is 0. The first-order chi connectivity index (χ1) is 6.34. The van der Waals surface area contributed by atoms with E-state index in [1.54, 1.807) is 20.8 Å². The Kier molecular flexibility index (Phi) is 5.42. The first-order valence-electron chi connectivity index (χ1n) is 4.65. The predicted molar refractivity (Wildman–Crippen MR) is 54.8 cm³/mol. The Bertz CT molecular complexity index is 201. The number of carbonyl (C=O) groups is 1. The molecule has 2 N–H and O–H groups in total. The molecule has 0 fully saturated rings. The zero-order chi connectivity index (χ0) is 11.3. The van der Waals surface area contributed by atoms with Crippen molar-refractivity contribution < 1.29 is 15.0 Å². The lowest BCUT2D eigenvalue weighted by Crippen LogP contribution is -2.41. The summed E-state index contributed by atoms with van der Waals surface area (Å²) in [7, 11) is 0. The zero-order valence-corrected chi connectivity index (χ0v) is 9.03. The second-order valence-corrected chi connectivity index (χ2v) is 3.69. The molecule has 0 aliphatic rings. The third kappa shape index (κ3) is 4.99. The van der Waals surface area contributed by atoms with Crippen LogP contribution >= 0.6 is 0 Å². The molecule has 4 heteroatoms. The quantitative estimate of drug-likeness (QED) is 0.623. The van der Waals surface area contributed by atoms with Crippen LogP contribution in [0.5, 0.6) is 0 Å². The van der Waals surface area contributed by atoms with E-state index in [0.717, 1.165) is 0 Å². The van der Waals surface area contributed by atoms with Crippen LogP contribution in [-0.2, 0) is 4.79 Å². The average Bonchev–Trinajstić information content (AvgIpc) is 1.99. The normalized spacial score (nSPS) is 14.6. The molecule has 0 heterocycles. The fourth-order valence-corrected chi connectivity index (χ4v) is 1.15. The first kappa shape index (κ1) is 13.1. The Morgan fingerprint density at radius 1 is 1.29 bits per heavy atom. The number of amides is 1. The summed E-state index contributed by atoms with van der Waals surface area (Å²) in [5.74, 6) is -0.230. The van der Waals surface area contributed by atoms with Crippen molar-refractivity contribution in [3.05, 3.63) is 12.2 Å². The molecular formula is C10H19NO3. The van der Waals surface area contributed by atoms with Crippen LogP contribution in [0.25, 0.3) is 0 Å². The Morgan fingerprint density at radius 2 is 1.64 bits per heavy atom. The first-order valence-corrected chi connectivity index (χ1v) is 4.65. The van der Waals surface area contributed by atoms with E-state index in [2.05, 4.69) is 6.58 Å². The second kappa shape index (κ2) is 5.78. The number of nitrogens with zero attached hydrogens (tertiary/aromatic N) is 1. The van der Waals surface area contributed by atoms with E-state index in [9.17, 15) is 4.79 Å². The molecule has 0 saturated carbocycles. The van der Waals surface area contributed by atoms with Gasteiger partial charge in [-0.3, -0.25) is 4.79 Å². The summed E-state index contributed by atoms with van der Waals surface area (Å²) in [5, 5.41) is 18.3. The summed E-state index contributed by atoms with van der Waals surface area (Å²) in [4.78, 5) is 12.9. The molecule has 2 atom stereocenters. The molecule has 14 heavy (non-hydrogen) atoms. The molecule has 2 unspecified atom stereocenters. The molecule has 0 spiro atoms. The van der Waals surface area contributed by atoms with Gasteiger partial charge in [-0.2, -0.15) is 0 Å². The van der Waals surface area contributed by atoms with E-state index < -0.39 is 12.2 Å². The summed E-state index contributed by atoms with van der Waals surface area (Å²) in [5.41, 5.74) is 0.409. The van der Waals surface area contributed by atoms with Crippen LogP contribution in [-0.4, -0.2) is 46.3 Å². The van der Waals surface area contributed by atoms with E-state index in [1.807, 2.05) is 0 Å². The van der Waals surface area contributed by atoms with Gasteiger partial charge in [0.2, 0.25) is 5.91 Å². The van der Waals surface area contributed by atoms with E-state index in [-0.39, 0.29) is 19.0 Å². The third-order valence-electron chi connectivity index (χ3n) is 1.62. The topological polar surface area (TPSA) is 60.8 Å². The zero-order valence-electron chi connectivity index (χ0n) is 9.03. The van der Waals surface area contributed by atoms with Gasteiger partial charge in [0.05, 0.1) is 12.2 Å². The van der Waals surface area contributed by atoms with Crippen LogP contribution < -0.4 is 0 Å². The van der Waals surface area contributed by atoms with Crippen LogP contribution in [0.2, 0.25) is 0 Å². The summed E-state index contributed by atoms with van der Waals surface area (Å²) in [6.07, 6.45) is -1.20. The molecule has 0 aromatic carbocycles. The Labute approximate surface area is 84.8 Å². The molecule has 4 nitrogen and oxygen atoms in total. The highest BCUT2D eigenvalue weighted by atomic mass is 16.3. The predicted octanol–water partition coefficient (Wildman–Crippen LogP) is 0.153. The lowest BCUT2D eigenvalue weighted by atomic mass is 10.2. The van der Waals surface area contributed by atoms with Crippen molar-refractivity contribution in [3.8, 4) is 0 Å². The maximum Gasteiger partial charge on any atom is 0.249 e. The van der Waals surface area contributed by atoms with Gasteiger partial charge in [-0.1, -0.05) is 6.58 Å². The molecule has 0 aliphatic carbocycles. The van der Waals surface area contributed by atoms with Crippen LogP contribution in [0.15, 0.2) is 12.2 Å². The standard InChI is InChI=1S/C10H19NO3/c1-7(2)10(14)11(5-8(3)12)6-9(4)13/h8-9,12-13H,1,5-6H2,2-4H3. The van der Waals surface area contributed by atoms with Gasteiger partial charge in [-0.05, 0) is 20.8 Å². The van der Waals surface area contributed by atoms with Gasteiger partial charge in [-0.25, -0.2) is 0 Å². The molecule has 82 valence electrons. The molecule has 0 saturated heterocycles. The van der Waals surface area contributed by atoms with Crippen LogP contribution in [0, 0.1) is 0 Å². The van der Waals surface area contributed by atoms with Gasteiger partial charge in [-0.15, -0.1) is 0 Å². The van der Waals surface area contributed by atoms with Crippen LogP contribution in [0.4, 0.5) is 0 Å². The Balaban J connectivity index is 4.38. The molecular weight excluding hydrogens is 182 g/mol. The molecule has 0 bridgehead atoms. The van der Waals surface area contributed by atoms with E-state index >= 15 is 0 Å². The van der Waals surface area contributed by atoms with Crippen molar-refractivity contribution >= 4 is 5.91 Å². The van der Waals surface area contributed by atoms with E-state index in [1.165, 1.54) is 4.90 Å². The van der Waals surface area contributed by atoms with Gasteiger partial charge < -0.3 is 15.1 Å². The van der Waals surface area contributed by atoms with Gasteiger partial charge >= 0.3 is 0 Å². The van der Waals surface area contributed by atoms with Crippen molar-refractivity contribution in [2.45, 2.75) is 33.0 Å². The number of hydrogen-bond acceptors (Lipinski definition) is 3. The Hall–Kier alpha value is -0.870. The minimum atomic E-state index is -0.600. The molecule has 0 radical (unpaired) electrons. The van der Waals surface area contributed by atoms with Gasteiger partial charge in [0.1, 0.15) is 0 Å². The van der Waals surface area contributed by atoms with Gasteiger partial charge in [0, 0.05) is 18.7 Å². The largest absolute Gasteiger partial charge is 0.392 e. The fraction of sp³-hybridized carbons (Fsp3) is 0.700. The van der Waals surface area contributed by atoms with E-state index in [4.69, 9.17) is 10.2 Å². The van der Waals surface area contributed by atoms with Crippen molar-refractivity contribution in [2.24, 2.45) is 0 Å². The number of carbonyl (C=O) groups excluding carboxylic acids is 1. The maximum atomic E-state index is 11.5. The van der Waals surface area contributed by atoms with Crippen molar-refractivity contribution in [3.63, 3.8) is 0 Å². The molecule has 0 aliphatic heterocycles. The van der Waals surface area contributed by atoms with Crippen molar-refractivity contribution in [1.82, 2.24) is 4.90 Å². The highest BCUT2D eigenvalue weighted by molar-refractivity contribution is 5.92. The summed E-state index contributed by atoms with van der Waals surface area (Å²) in [6.45, 7) is 8.78. The minimum Gasteiger partial charge on any atom is -0.392 e. The minimum absolute atomic E-state index is 0.219. The van der Waals surface area contributed by atoms with Crippen LogP contribution in [0.3, 0.4) is 0 Å². The third-order valence-corrected chi connectivity index (χ3v) is 1.62. The number of aliphatic hydroxyl groups excluding tert-OH is 2. The Morgan fingerprint density at radius 3 is 1.86 bits per heavy atom. The number of hydrogen-bond donors (Lipinski definition) is 2. The number of aliphatic hydroxyl groups is 2. The van der Waals surface area contributed by atoms with Crippen molar-refractivity contribution in [2.75, 3.05) is 13.1 Å². The number of rotatable bonds is 5. The highest BCUT2D eigenvalue weighted by Gasteiger charge is 2.17. The molecule has 0 rings (SSSR count). The van der Waals surface area contributed by atoms with Gasteiger partial charge in [0.15, 0.2) is 0 Å². The smallest absolute Gasteiger partial charge is 0.249 e. The molecule has 1 amide bonds. The maximum absolute atomic E-state index is 11.5. The lowest BCUT2D eigenvalue weighted by molar-refractivity contribution is -0.129. The molecule has 0 aromatic rings. The highest BCUT2D eigenvalue weighted by Crippen LogP contribution is 2.02. The fourth-order valence-electron chi connectivity index (χ4n) is 1.15. The van der Waals surface area contributed by atoms with Crippen LogP contribution in [0.1, 0.15) is 20.8 Å².